The first kappa shape index (κ1) is 14.5. The standard InChI is InChI=1S/C9H20N2O3S/c1-7(15(3)13)6-11-9(12)8(10)4-5-14-2/h7-8H,4-6,10H2,1-3H3,(H,11,12). The average molecular weight is 236 g/mol. The van der Waals surface area contributed by atoms with Gasteiger partial charge in [0.25, 0.3) is 0 Å². The van der Waals surface area contributed by atoms with E-state index in [-0.39, 0.29) is 11.2 Å². The molecule has 3 unspecified atom stereocenters. The number of nitrogens with one attached hydrogen (secondary N) is 1. The summed E-state index contributed by atoms with van der Waals surface area (Å²) in [4.78, 5) is 11.4. The Hall–Kier alpha value is -0.460. The summed E-state index contributed by atoms with van der Waals surface area (Å²) in [5.41, 5.74) is 5.60. The van der Waals surface area contributed by atoms with Crippen molar-refractivity contribution in [2.24, 2.45) is 5.73 Å². The van der Waals surface area contributed by atoms with Crippen molar-refractivity contribution in [1.82, 2.24) is 5.32 Å². The van der Waals surface area contributed by atoms with Gasteiger partial charge in [-0.15, -0.1) is 0 Å². The van der Waals surface area contributed by atoms with Gasteiger partial charge in [0.15, 0.2) is 0 Å². The highest BCUT2D eigenvalue weighted by molar-refractivity contribution is 7.84. The summed E-state index contributed by atoms with van der Waals surface area (Å²) in [6.07, 6.45) is 2.10. The predicted octanol–water partition coefficient (Wildman–Crippen LogP) is -0.767. The van der Waals surface area contributed by atoms with E-state index >= 15 is 0 Å². The average Bonchev–Trinajstić information content (AvgIpc) is 2.21. The largest absolute Gasteiger partial charge is 0.385 e. The molecule has 0 aliphatic heterocycles. The molecule has 0 radical (unpaired) electrons. The third-order valence-corrected chi connectivity index (χ3v) is 3.40. The number of rotatable bonds is 7. The Kier molecular flexibility index (Phi) is 7.54. The monoisotopic (exact) mass is 236 g/mol. The highest BCUT2D eigenvalue weighted by atomic mass is 32.2. The fourth-order valence-electron chi connectivity index (χ4n) is 0.869. The van der Waals surface area contributed by atoms with Crippen LogP contribution in [0.15, 0.2) is 0 Å². The zero-order chi connectivity index (χ0) is 11.8. The van der Waals surface area contributed by atoms with Crippen molar-refractivity contribution in [3.8, 4) is 0 Å². The molecule has 90 valence electrons. The number of ether oxygens (including phenoxy) is 1. The van der Waals surface area contributed by atoms with Crippen LogP contribution in [0.25, 0.3) is 0 Å². The number of carbonyl (C=O) groups excluding carboxylic acids is 1. The van der Waals surface area contributed by atoms with E-state index < -0.39 is 16.8 Å². The Labute approximate surface area is 93.2 Å². The maximum atomic E-state index is 11.4. The van der Waals surface area contributed by atoms with Gasteiger partial charge in [-0.3, -0.25) is 9.00 Å². The molecule has 0 aliphatic rings. The number of hydrogen-bond acceptors (Lipinski definition) is 4. The molecule has 1 amide bonds. The van der Waals surface area contributed by atoms with Crippen molar-refractivity contribution in [2.75, 3.05) is 26.5 Å². The molecule has 0 aromatic heterocycles. The minimum Gasteiger partial charge on any atom is -0.385 e. The SMILES string of the molecule is COCCC(N)C(=O)NCC(C)S(C)=O. The minimum absolute atomic E-state index is 0.0522. The minimum atomic E-state index is -0.926. The topological polar surface area (TPSA) is 81.4 Å². The lowest BCUT2D eigenvalue weighted by Crippen LogP contribution is -2.44. The second kappa shape index (κ2) is 7.78. The first-order valence-corrected chi connectivity index (χ1v) is 6.45. The zero-order valence-electron chi connectivity index (χ0n) is 9.49. The van der Waals surface area contributed by atoms with E-state index in [2.05, 4.69) is 5.32 Å². The van der Waals surface area contributed by atoms with Gasteiger partial charge in [0.1, 0.15) is 0 Å². The molecule has 15 heavy (non-hydrogen) atoms. The quantitative estimate of drug-likeness (QED) is 0.608. The fourth-order valence-corrected chi connectivity index (χ4v) is 1.19. The Morgan fingerprint density at radius 2 is 2.20 bits per heavy atom. The van der Waals surface area contributed by atoms with Gasteiger partial charge in [0, 0.05) is 42.6 Å². The van der Waals surface area contributed by atoms with Crippen molar-refractivity contribution in [3.63, 3.8) is 0 Å². The van der Waals surface area contributed by atoms with E-state index in [1.54, 1.807) is 13.4 Å². The molecule has 3 N–H and O–H groups in total. The molecule has 0 aliphatic carbocycles. The maximum Gasteiger partial charge on any atom is 0.237 e. The van der Waals surface area contributed by atoms with E-state index in [0.717, 1.165) is 0 Å². The lowest BCUT2D eigenvalue weighted by molar-refractivity contribution is -0.122. The number of nitrogens with two attached hydrogens (primary N) is 1. The van der Waals surface area contributed by atoms with Crippen molar-refractivity contribution >= 4 is 16.7 Å². The van der Waals surface area contributed by atoms with Crippen molar-refractivity contribution in [2.45, 2.75) is 24.6 Å². The molecule has 0 fully saturated rings. The lowest BCUT2D eigenvalue weighted by atomic mass is 10.2. The van der Waals surface area contributed by atoms with E-state index in [0.29, 0.717) is 19.6 Å². The van der Waals surface area contributed by atoms with Crippen molar-refractivity contribution in [3.05, 3.63) is 0 Å². The third-order valence-electron chi connectivity index (χ3n) is 2.10. The number of amides is 1. The van der Waals surface area contributed by atoms with Gasteiger partial charge in [-0.05, 0) is 13.3 Å². The van der Waals surface area contributed by atoms with Crippen LogP contribution in [0.2, 0.25) is 0 Å². The van der Waals surface area contributed by atoms with Crippen LogP contribution in [0.3, 0.4) is 0 Å². The summed E-state index contributed by atoms with van der Waals surface area (Å²) < 4.78 is 15.8. The molecule has 0 saturated heterocycles. The summed E-state index contributed by atoms with van der Waals surface area (Å²) in [7, 11) is 0.637. The Morgan fingerprint density at radius 3 is 2.67 bits per heavy atom. The fraction of sp³-hybridized carbons (Fsp3) is 0.889. The van der Waals surface area contributed by atoms with Crippen molar-refractivity contribution < 1.29 is 13.7 Å². The highest BCUT2D eigenvalue weighted by Crippen LogP contribution is 1.92. The van der Waals surface area contributed by atoms with Crippen LogP contribution in [-0.4, -0.2) is 47.9 Å². The Bertz CT molecular complexity index is 223. The van der Waals surface area contributed by atoms with E-state index in [9.17, 15) is 9.00 Å². The van der Waals surface area contributed by atoms with Gasteiger partial charge < -0.3 is 15.8 Å². The second-order valence-corrected chi connectivity index (χ2v) is 5.24. The van der Waals surface area contributed by atoms with Gasteiger partial charge in [-0.2, -0.15) is 0 Å². The summed E-state index contributed by atoms with van der Waals surface area (Å²) in [6, 6.07) is -0.553. The van der Waals surface area contributed by atoms with Crippen LogP contribution in [0.1, 0.15) is 13.3 Å². The van der Waals surface area contributed by atoms with Crippen LogP contribution in [-0.2, 0) is 20.3 Å². The van der Waals surface area contributed by atoms with E-state index in [4.69, 9.17) is 10.5 Å². The molecule has 0 saturated carbocycles. The van der Waals surface area contributed by atoms with E-state index in [1.807, 2.05) is 6.92 Å². The van der Waals surface area contributed by atoms with Gasteiger partial charge in [0.2, 0.25) is 5.91 Å². The highest BCUT2D eigenvalue weighted by Gasteiger charge is 2.14. The summed E-state index contributed by atoms with van der Waals surface area (Å²) in [6.45, 7) is 2.67. The second-order valence-electron chi connectivity index (χ2n) is 3.44. The molecule has 0 rings (SSSR count). The number of carbonyl (C=O) groups is 1. The van der Waals surface area contributed by atoms with Crippen LogP contribution in [0, 0.1) is 0 Å². The molecule has 0 aromatic rings. The summed E-state index contributed by atoms with van der Waals surface area (Å²) in [5, 5.41) is 2.61. The van der Waals surface area contributed by atoms with Gasteiger partial charge in [0.05, 0.1) is 6.04 Å². The summed E-state index contributed by atoms with van der Waals surface area (Å²) in [5.74, 6) is -0.218. The number of methoxy groups -OCH3 is 1. The predicted molar refractivity (Wildman–Crippen MR) is 61.0 cm³/mol. The lowest BCUT2D eigenvalue weighted by Gasteiger charge is -2.14. The summed E-state index contributed by atoms with van der Waals surface area (Å²) >= 11 is 0. The molecule has 0 aromatic carbocycles. The van der Waals surface area contributed by atoms with E-state index in [1.165, 1.54) is 0 Å². The Balaban J connectivity index is 3.77. The van der Waals surface area contributed by atoms with Gasteiger partial charge in [-0.1, -0.05) is 0 Å². The molecule has 5 nitrogen and oxygen atoms in total. The molecule has 0 heterocycles. The first-order valence-electron chi connectivity index (χ1n) is 4.83. The molecular weight excluding hydrogens is 216 g/mol. The maximum absolute atomic E-state index is 11.4. The van der Waals surface area contributed by atoms with Crippen LogP contribution < -0.4 is 11.1 Å². The van der Waals surface area contributed by atoms with Gasteiger partial charge in [-0.25, -0.2) is 0 Å². The zero-order valence-corrected chi connectivity index (χ0v) is 10.3. The molecule has 6 heteroatoms. The van der Waals surface area contributed by atoms with Crippen LogP contribution in [0.4, 0.5) is 0 Å². The van der Waals surface area contributed by atoms with Crippen LogP contribution in [0.5, 0.6) is 0 Å². The molecule has 0 spiro atoms. The molecule has 3 atom stereocenters. The Morgan fingerprint density at radius 1 is 1.60 bits per heavy atom. The third kappa shape index (κ3) is 6.59. The molecule has 0 bridgehead atoms. The number of hydrogen-bond donors (Lipinski definition) is 2. The van der Waals surface area contributed by atoms with Crippen molar-refractivity contribution in [1.29, 1.82) is 0 Å². The molecular formula is C9H20N2O3S. The van der Waals surface area contributed by atoms with Gasteiger partial charge >= 0.3 is 0 Å². The smallest absolute Gasteiger partial charge is 0.237 e. The van der Waals surface area contributed by atoms with Crippen LogP contribution >= 0.6 is 0 Å². The first-order chi connectivity index (χ1) is 6.99. The normalized spacial score (nSPS) is 16.8.